The fourth-order valence-electron chi connectivity index (χ4n) is 5.76. The zero-order chi connectivity index (χ0) is 14.1. The highest BCUT2D eigenvalue weighted by atomic mass is 16.1. The van der Waals surface area contributed by atoms with Gasteiger partial charge in [0.2, 0.25) is 0 Å². The summed E-state index contributed by atoms with van der Waals surface area (Å²) in [4.78, 5) is 11.6. The van der Waals surface area contributed by atoms with Gasteiger partial charge in [0.25, 0.3) is 0 Å². The molecule has 0 aromatic heterocycles. The smallest absolute Gasteiger partial charge is 0.133 e. The lowest BCUT2D eigenvalue weighted by atomic mass is 9.52. The maximum atomic E-state index is 11.6. The van der Waals surface area contributed by atoms with Crippen molar-refractivity contribution in [2.75, 3.05) is 0 Å². The van der Waals surface area contributed by atoms with E-state index in [2.05, 4.69) is 27.7 Å². The summed E-state index contributed by atoms with van der Waals surface area (Å²) < 4.78 is 0. The van der Waals surface area contributed by atoms with Gasteiger partial charge in [-0.2, -0.15) is 0 Å². The third-order valence-corrected chi connectivity index (χ3v) is 6.82. The molecule has 0 amide bonds. The first-order chi connectivity index (χ1) is 8.71. The summed E-state index contributed by atoms with van der Waals surface area (Å²) in [6, 6.07) is 0. The topological polar surface area (TPSA) is 17.1 Å². The van der Waals surface area contributed by atoms with Gasteiger partial charge in [-0.25, -0.2) is 0 Å². The molecule has 0 saturated heterocycles. The van der Waals surface area contributed by atoms with E-state index in [1.807, 2.05) is 0 Å². The van der Waals surface area contributed by atoms with Gasteiger partial charge in [-0.05, 0) is 61.2 Å². The molecule has 0 heterocycles. The number of allylic oxidation sites excluding steroid dienone is 2. The zero-order valence-corrected chi connectivity index (χ0v) is 13.2. The van der Waals surface area contributed by atoms with Crippen LogP contribution in [-0.2, 0) is 4.79 Å². The van der Waals surface area contributed by atoms with E-state index in [1.165, 1.54) is 31.3 Å². The van der Waals surface area contributed by atoms with Gasteiger partial charge in [0.1, 0.15) is 5.78 Å². The maximum absolute atomic E-state index is 11.6. The first kappa shape index (κ1) is 13.4. The summed E-state index contributed by atoms with van der Waals surface area (Å²) in [5.41, 5.74) is 4.40. The number of carbonyl (C=O) groups is 1. The van der Waals surface area contributed by atoms with E-state index in [4.69, 9.17) is 0 Å². The number of ketones is 1. The lowest BCUT2D eigenvalue weighted by Gasteiger charge is -2.53. The molecule has 1 spiro atoms. The van der Waals surface area contributed by atoms with Crippen molar-refractivity contribution in [3.8, 4) is 0 Å². The molecule has 2 atom stereocenters. The van der Waals surface area contributed by atoms with Crippen LogP contribution in [-0.4, -0.2) is 5.78 Å². The lowest BCUT2D eigenvalue weighted by Crippen LogP contribution is -2.43. The molecule has 2 bridgehead atoms. The van der Waals surface area contributed by atoms with Crippen LogP contribution in [0.15, 0.2) is 11.1 Å². The van der Waals surface area contributed by atoms with Gasteiger partial charge in [-0.15, -0.1) is 0 Å². The van der Waals surface area contributed by atoms with Crippen molar-refractivity contribution in [2.45, 2.75) is 73.1 Å². The van der Waals surface area contributed by atoms with Crippen LogP contribution in [0, 0.1) is 22.2 Å². The van der Waals surface area contributed by atoms with E-state index in [-0.39, 0.29) is 0 Å². The molecular formula is C18H28O. The number of fused-ring (bicyclic) bond motifs is 1. The van der Waals surface area contributed by atoms with Crippen LogP contribution in [0.4, 0.5) is 0 Å². The molecule has 1 heteroatoms. The summed E-state index contributed by atoms with van der Waals surface area (Å²) in [7, 11) is 0. The highest BCUT2D eigenvalue weighted by Crippen LogP contribution is 2.75. The number of hydrogen-bond acceptors (Lipinski definition) is 1. The first-order valence-electron chi connectivity index (χ1n) is 7.93. The van der Waals surface area contributed by atoms with E-state index in [9.17, 15) is 4.79 Å². The Bertz CT molecular complexity index is 466. The Labute approximate surface area is 117 Å². The fraction of sp³-hybridized carbons (Fsp3) is 0.833. The monoisotopic (exact) mass is 260 g/mol. The number of carbonyl (C=O) groups excluding carboxylic acids is 1. The summed E-state index contributed by atoms with van der Waals surface area (Å²) in [6.45, 7) is 11.6. The van der Waals surface area contributed by atoms with Crippen molar-refractivity contribution in [1.29, 1.82) is 0 Å². The molecule has 0 radical (unpaired) electrons. The Balaban J connectivity index is 2.17. The van der Waals surface area contributed by atoms with Gasteiger partial charge in [-0.3, -0.25) is 4.79 Å². The molecule has 3 aliphatic rings. The quantitative estimate of drug-likeness (QED) is 0.645. The standard InChI is InChI=1S/C18H28O/c1-12(19)10-13-6-8-16(2,3)18-9-7-14(11-18)17(4,5)15(13)18/h14H,6-11H2,1-5H3. The van der Waals surface area contributed by atoms with Crippen molar-refractivity contribution in [3.05, 3.63) is 11.1 Å². The average molecular weight is 260 g/mol. The Hall–Kier alpha value is -0.590. The second kappa shape index (κ2) is 3.74. The van der Waals surface area contributed by atoms with E-state index in [0.717, 1.165) is 12.3 Å². The molecule has 3 aliphatic carbocycles. The second-order valence-corrected chi connectivity index (χ2v) is 8.48. The minimum Gasteiger partial charge on any atom is -0.300 e. The summed E-state index contributed by atoms with van der Waals surface area (Å²) in [5, 5.41) is 0. The van der Waals surface area contributed by atoms with E-state index < -0.39 is 0 Å². The van der Waals surface area contributed by atoms with Crippen molar-refractivity contribution in [2.24, 2.45) is 22.2 Å². The van der Waals surface area contributed by atoms with Gasteiger partial charge in [0.15, 0.2) is 0 Å². The molecule has 1 nitrogen and oxygen atoms in total. The lowest BCUT2D eigenvalue weighted by molar-refractivity contribution is -0.116. The normalized spacial score (nSPS) is 38.5. The third-order valence-electron chi connectivity index (χ3n) is 6.82. The SMILES string of the molecule is CC(=O)CC1=C2C(C)(C)C3CCC2(C3)C(C)(C)CC1. The van der Waals surface area contributed by atoms with Gasteiger partial charge < -0.3 is 0 Å². The van der Waals surface area contributed by atoms with E-state index >= 15 is 0 Å². The highest BCUT2D eigenvalue weighted by Gasteiger charge is 2.65. The molecule has 0 N–H and O–H groups in total. The predicted octanol–water partition coefficient (Wildman–Crippen LogP) is 4.91. The van der Waals surface area contributed by atoms with Crippen molar-refractivity contribution < 1.29 is 4.79 Å². The number of Topliss-reactive ketones (excluding diaryl/α,β-unsaturated/α-hetero) is 1. The molecular weight excluding hydrogens is 232 g/mol. The predicted molar refractivity (Wildman–Crippen MR) is 78.9 cm³/mol. The molecule has 2 fully saturated rings. The maximum Gasteiger partial charge on any atom is 0.133 e. The van der Waals surface area contributed by atoms with Crippen LogP contribution in [0.2, 0.25) is 0 Å². The van der Waals surface area contributed by atoms with Crippen LogP contribution in [0.3, 0.4) is 0 Å². The molecule has 2 unspecified atom stereocenters. The van der Waals surface area contributed by atoms with Crippen molar-refractivity contribution >= 4 is 5.78 Å². The zero-order valence-electron chi connectivity index (χ0n) is 13.2. The second-order valence-electron chi connectivity index (χ2n) is 8.48. The molecule has 3 rings (SSSR count). The third kappa shape index (κ3) is 1.56. The van der Waals surface area contributed by atoms with Crippen LogP contribution in [0.5, 0.6) is 0 Å². The van der Waals surface area contributed by atoms with Crippen LogP contribution in [0.25, 0.3) is 0 Å². The van der Waals surface area contributed by atoms with E-state index in [1.54, 1.807) is 12.5 Å². The van der Waals surface area contributed by atoms with Crippen molar-refractivity contribution in [3.63, 3.8) is 0 Å². The Morgan fingerprint density at radius 2 is 1.89 bits per heavy atom. The largest absolute Gasteiger partial charge is 0.300 e. The van der Waals surface area contributed by atoms with E-state index in [0.29, 0.717) is 28.4 Å². The number of rotatable bonds is 2. The Morgan fingerprint density at radius 1 is 1.21 bits per heavy atom. The average Bonchev–Trinajstić information content (AvgIpc) is 2.78. The molecule has 0 aliphatic heterocycles. The Morgan fingerprint density at radius 3 is 2.53 bits per heavy atom. The van der Waals surface area contributed by atoms with Gasteiger partial charge in [0, 0.05) is 6.42 Å². The van der Waals surface area contributed by atoms with Crippen LogP contribution in [0.1, 0.15) is 73.1 Å². The number of hydrogen-bond donors (Lipinski definition) is 0. The molecule has 0 aromatic rings. The fourth-order valence-corrected chi connectivity index (χ4v) is 5.76. The molecule has 0 aromatic carbocycles. The molecule has 2 saturated carbocycles. The van der Waals surface area contributed by atoms with Crippen LogP contribution >= 0.6 is 0 Å². The minimum atomic E-state index is 0.334. The first-order valence-corrected chi connectivity index (χ1v) is 7.93. The highest BCUT2D eigenvalue weighted by molar-refractivity contribution is 5.78. The van der Waals surface area contributed by atoms with Gasteiger partial charge in [0.05, 0.1) is 0 Å². The summed E-state index contributed by atoms with van der Waals surface area (Å²) in [6.07, 6.45) is 7.27. The Kier molecular flexibility index (Phi) is 2.64. The summed E-state index contributed by atoms with van der Waals surface area (Å²) >= 11 is 0. The summed E-state index contributed by atoms with van der Waals surface area (Å²) in [5.74, 6) is 1.19. The molecule has 19 heavy (non-hydrogen) atoms. The van der Waals surface area contributed by atoms with Gasteiger partial charge >= 0.3 is 0 Å². The van der Waals surface area contributed by atoms with Gasteiger partial charge in [-0.1, -0.05) is 38.8 Å². The van der Waals surface area contributed by atoms with Crippen molar-refractivity contribution in [1.82, 2.24) is 0 Å². The molecule has 106 valence electrons. The minimum absolute atomic E-state index is 0.334. The van der Waals surface area contributed by atoms with Crippen LogP contribution < -0.4 is 0 Å².